The molecule has 0 unspecified atom stereocenters. The van der Waals surface area contributed by atoms with Crippen molar-refractivity contribution in [2.45, 2.75) is 12.3 Å². The van der Waals surface area contributed by atoms with Crippen LogP contribution in [0.3, 0.4) is 0 Å². The number of carbonyl (C=O) groups is 1. The highest BCUT2D eigenvalue weighted by molar-refractivity contribution is 5.79. The lowest BCUT2D eigenvalue weighted by atomic mass is 10.2. The summed E-state index contributed by atoms with van der Waals surface area (Å²) in [5.41, 5.74) is 0. The molecule has 0 aliphatic heterocycles. The Morgan fingerprint density at radius 2 is 2.09 bits per heavy atom. The van der Waals surface area contributed by atoms with E-state index in [2.05, 4.69) is 0 Å². The maximum atomic E-state index is 12.0. The van der Waals surface area contributed by atoms with Crippen molar-refractivity contribution >= 4 is 5.97 Å². The summed E-state index contributed by atoms with van der Waals surface area (Å²) < 4.78 is 35.3. The summed E-state index contributed by atoms with van der Waals surface area (Å²) in [6.45, 7) is -1.77. The van der Waals surface area contributed by atoms with Crippen LogP contribution in [0.1, 0.15) is 6.42 Å². The Morgan fingerprint density at radius 1 is 1.55 bits per heavy atom. The number of rotatable bonds is 4. The fourth-order valence-corrected chi connectivity index (χ4v) is 0.387. The minimum atomic E-state index is -3.44. The van der Waals surface area contributed by atoms with E-state index in [4.69, 9.17) is 5.11 Å². The van der Waals surface area contributed by atoms with Crippen molar-refractivity contribution < 1.29 is 23.1 Å². The molecule has 0 fully saturated rings. The van der Waals surface area contributed by atoms with E-state index in [9.17, 15) is 18.0 Å². The summed E-state index contributed by atoms with van der Waals surface area (Å²) in [6.07, 6.45) is 0.404. The average molecular weight is 168 g/mol. The second kappa shape index (κ2) is 4.00. The van der Waals surface area contributed by atoms with Gasteiger partial charge in [0.2, 0.25) is 0 Å². The maximum Gasteiger partial charge on any atom is 0.327 e. The largest absolute Gasteiger partial charge is 0.478 e. The van der Waals surface area contributed by atoms with Crippen LogP contribution < -0.4 is 0 Å². The highest BCUT2D eigenvalue weighted by Gasteiger charge is 2.26. The van der Waals surface area contributed by atoms with Gasteiger partial charge in [-0.15, -0.1) is 0 Å². The molecule has 0 rings (SSSR count). The maximum absolute atomic E-state index is 12.0. The van der Waals surface area contributed by atoms with Crippen LogP contribution in [0.25, 0.3) is 0 Å². The van der Waals surface area contributed by atoms with E-state index in [0.29, 0.717) is 6.08 Å². The lowest BCUT2D eigenvalue weighted by Gasteiger charge is -2.06. The molecule has 0 amide bonds. The predicted molar refractivity (Wildman–Crippen MR) is 32.3 cm³/mol. The van der Waals surface area contributed by atoms with Gasteiger partial charge in [0, 0.05) is 12.5 Å². The van der Waals surface area contributed by atoms with Crippen molar-refractivity contribution in [3.8, 4) is 0 Å². The van der Waals surface area contributed by atoms with Gasteiger partial charge in [-0.3, -0.25) is 0 Å². The lowest BCUT2D eigenvalue weighted by Crippen LogP contribution is -2.17. The molecule has 0 atom stereocenters. The molecule has 0 aliphatic carbocycles. The van der Waals surface area contributed by atoms with Gasteiger partial charge >= 0.3 is 5.97 Å². The molecule has 0 aromatic heterocycles. The van der Waals surface area contributed by atoms with E-state index in [1.54, 1.807) is 0 Å². The van der Waals surface area contributed by atoms with Crippen LogP contribution in [0.2, 0.25) is 0 Å². The van der Waals surface area contributed by atoms with Gasteiger partial charge < -0.3 is 5.11 Å². The Hall–Kier alpha value is -1.00. The zero-order valence-corrected chi connectivity index (χ0v) is 5.56. The SMILES string of the molecule is O=C(O)/C=C/CC(F)(F)CF. The van der Waals surface area contributed by atoms with Crippen LogP contribution in [-0.2, 0) is 4.79 Å². The molecule has 0 aromatic rings. The minimum absolute atomic E-state index is 0.559. The third-order valence-corrected chi connectivity index (χ3v) is 0.872. The summed E-state index contributed by atoms with van der Waals surface area (Å²) in [6, 6.07) is 0. The number of hydrogen-bond donors (Lipinski definition) is 1. The molecule has 1 N–H and O–H groups in total. The summed E-state index contributed by atoms with van der Waals surface area (Å²) in [5, 5.41) is 7.96. The molecule has 0 aliphatic rings. The van der Waals surface area contributed by atoms with E-state index in [0.717, 1.165) is 6.08 Å². The first kappa shape index (κ1) is 10.0. The standard InChI is InChI=1S/C6H7F3O2/c7-4-6(8,9)3-1-2-5(10)11/h1-2H,3-4H2,(H,10,11)/b2-1+. The number of carboxylic acids is 1. The molecule has 0 spiro atoms. The van der Waals surface area contributed by atoms with E-state index in [-0.39, 0.29) is 0 Å². The van der Waals surface area contributed by atoms with Gasteiger partial charge in [-0.2, -0.15) is 0 Å². The molecule has 64 valence electrons. The Bertz CT molecular complexity index is 165. The second-order valence-corrected chi connectivity index (χ2v) is 1.93. The van der Waals surface area contributed by atoms with E-state index >= 15 is 0 Å². The number of alkyl halides is 3. The molecule has 0 saturated carbocycles. The zero-order valence-electron chi connectivity index (χ0n) is 5.56. The van der Waals surface area contributed by atoms with Gasteiger partial charge in [-0.05, 0) is 0 Å². The predicted octanol–water partition coefficient (Wildman–Crippen LogP) is 1.62. The molecule has 0 heterocycles. The molecule has 5 heteroatoms. The highest BCUT2D eigenvalue weighted by atomic mass is 19.3. The van der Waals surface area contributed by atoms with Crippen LogP contribution >= 0.6 is 0 Å². The summed E-state index contributed by atoms with van der Waals surface area (Å²) in [4.78, 5) is 9.75. The minimum Gasteiger partial charge on any atom is -0.478 e. The molecular formula is C6H7F3O2. The average Bonchev–Trinajstić information content (AvgIpc) is 1.87. The van der Waals surface area contributed by atoms with Gasteiger partial charge in [0.25, 0.3) is 5.92 Å². The summed E-state index contributed by atoms with van der Waals surface area (Å²) in [5.74, 6) is -4.76. The van der Waals surface area contributed by atoms with Gasteiger partial charge in [0.05, 0.1) is 0 Å². The molecule has 0 bridgehead atoms. The first-order valence-corrected chi connectivity index (χ1v) is 2.81. The molecule has 11 heavy (non-hydrogen) atoms. The van der Waals surface area contributed by atoms with E-state index < -0.39 is 25.0 Å². The number of halogens is 3. The fourth-order valence-electron chi connectivity index (χ4n) is 0.387. The Kier molecular flexibility index (Phi) is 3.64. The molecule has 0 saturated heterocycles. The quantitative estimate of drug-likeness (QED) is 0.647. The second-order valence-electron chi connectivity index (χ2n) is 1.93. The van der Waals surface area contributed by atoms with Crippen molar-refractivity contribution in [3.05, 3.63) is 12.2 Å². The summed E-state index contributed by atoms with van der Waals surface area (Å²) >= 11 is 0. The summed E-state index contributed by atoms with van der Waals surface area (Å²) in [7, 11) is 0. The van der Waals surface area contributed by atoms with Crippen LogP contribution in [0.15, 0.2) is 12.2 Å². The third kappa shape index (κ3) is 5.44. The number of hydrogen-bond acceptors (Lipinski definition) is 1. The van der Waals surface area contributed by atoms with Crippen LogP contribution in [0, 0.1) is 0 Å². The van der Waals surface area contributed by atoms with Crippen LogP contribution in [-0.4, -0.2) is 23.7 Å². The molecular weight excluding hydrogens is 161 g/mol. The fraction of sp³-hybridized carbons (Fsp3) is 0.500. The molecule has 0 aromatic carbocycles. The van der Waals surface area contributed by atoms with Crippen molar-refractivity contribution in [2.24, 2.45) is 0 Å². The first-order chi connectivity index (χ1) is 4.98. The van der Waals surface area contributed by atoms with Gasteiger partial charge in [-0.1, -0.05) is 6.08 Å². The van der Waals surface area contributed by atoms with Crippen LogP contribution in [0.5, 0.6) is 0 Å². The van der Waals surface area contributed by atoms with Gasteiger partial charge in [0.15, 0.2) is 6.67 Å². The normalized spacial score (nSPS) is 12.3. The van der Waals surface area contributed by atoms with Crippen LogP contribution in [0.4, 0.5) is 13.2 Å². The zero-order chi connectivity index (χ0) is 8.91. The third-order valence-electron chi connectivity index (χ3n) is 0.872. The first-order valence-electron chi connectivity index (χ1n) is 2.81. The van der Waals surface area contributed by atoms with E-state index in [1.807, 2.05) is 0 Å². The topological polar surface area (TPSA) is 37.3 Å². The van der Waals surface area contributed by atoms with Gasteiger partial charge in [0.1, 0.15) is 0 Å². The van der Waals surface area contributed by atoms with Crippen molar-refractivity contribution in [1.29, 1.82) is 0 Å². The number of aliphatic carboxylic acids is 1. The highest BCUT2D eigenvalue weighted by Crippen LogP contribution is 2.18. The monoisotopic (exact) mass is 168 g/mol. The lowest BCUT2D eigenvalue weighted by molar-refractivity contribution is -0.131. The van der Waals surface area contributed by atoms with Crippen molar-refractivity contribution in [3.63, 3.8) is 0 Å². The molecule has 2 nitrogen and oxygen atoms in total. The van der Waals surface area contributed by atoms with Crippen molar-refractivity contribution in [1.82, 2.24) is 0 Å². The Morgan fingerprint density at radius 3 is 2.45 bits per heavy atom. The number of allylic oxidation sites excluding steroid dienone is 1. The smallest absolute Gasteiger partial charge is 0.327 e. The Labute approximate surface area is 61.3 Å². The van der Waals surface area contributed by atoms with E-state index in [1.165, 1.54) is 0 Å². The molecule has 0 radical (unpaired) electrons. The van der Waals surface area contributed by atoms with Crippen molar-refractivity contribution in [2.75, 3.05) is 6.67 Å². The van der Waals surface area contributed by atoms with Gasteiger partial charge in [-0.25, -0.2) is 18.0 Å². The number of carboxylic acid groups (broad SMARTS) is 1. The Balaban J connectivity index is 3.78.